The molecule has 0 atom stereocenters. The summed E-state index contributed by atoms with van der Waals surface area (Å²) >= 11 is 6.70. The highest BCUT2D eigenvalue weighted by Gasteiger charge is 2.35. The number of carbonyl (C=O) groups is 2. The summed E-state index contributed by atoms with van der Waals surface area (Å²) < 4.78 is 43.3. The number of thioether (sulfide) groups is 1. The van der Waals surface area contributed by atoms with Crippen molar-refractivity contribution in [1.29, 1.82) is 0 Å². The fourth-order valence-corrected chi connectivity index (χ4v) is 3.48. The van der Waals surface area contributed by atoms with Crippen molar-refractivity contribution in [1.82, 2.24) is 4.90 Å². The molecule has 3 rings (SSSR count). The van der Waals surface area contributed by atoms with Crippen LogP contribution in [0.4, 0.5) is 18.0 Å². The lowest BCUT2D eigenvalue weighted by Gasteiger charge is -2.13. The SMILES string of the molecule is O=C1S/C(=C\c2ccc(C(F)(F)F)cc2)C(=O)N1CCOc1ccccc1Cl. The molecule has 0 N–H and O–H groups in total. The highest BCUT2D eigenvalue weighted by Crippen LogP contribution is 2.33. The number of halogens is 4. The third-order valence-corrected chi connectivity index (χ3v) is 5.04. The van der Waals surface area contributed by atoms with Gasteiger partial charge in [-0.05, 0) is 47.7 Å². The quantitative estimate of drug-likeness (QED) is 0.593. The molecule has 0 aromatic heterocycles. The molecule has 0 spiro atoms. The van der Waals surface area contributed by atoms with Gasteiger partial charge >= 0.3 is 6.18 Å². The number of alkyl halides is 3. The van der Waals surface area contributed by atoms with E-state index in [1.54, 1.807) is 24.3 Å². The summed E-state index contributed by atoms with van der Waals surface area (Å²) in [7, 11) is 0. The van der Waals surface area contributed by atoms with Crippen LogP contribution >= 0.6 is 23.4 Å². The Morgan fingerprint density at radius 2 is 1.75 bits per heavy atom. The van der Waals surface area contributed by atoms with Crippen LogP contribution in [0.3, 0.4) is 0 Å². The largest absolute Gasteiger partial charge is 0.490 e. The molecule has 28 heavy (non-hydrogen) atoms. The van der Waals surface area contributed by atoms with Gasteiger partial charge in [0.05, 0.1) is 22.0 Å². The lowest BCUT2D eigenvalue weighted by molar-refractivity contribution is -0.137. The molecule has 146 valence electrons. The molecular formula is C19H13ClF3NO3S. The maximum atomic E-state index is 12.6. The monoisotopic (exact) mass is 427 g/mol. The van der Waals surface area contributed by atoms with Crippen molar-refractivity contribution < 1.29 is 27.5 Å². The van der Waals surface area contributed by atoms with Crippen molar-refractivity contribution in [3.05, 3.63) is 69.6 Å². The third kappa shape index (κ3) is 4.69. The molecule has 0 radical (unpaired) electrons. The molecule has 9 heteroatoms. The van der Waals surface area contributed by atoms with Crippen molar-refractivity contribution >= 4 is 40.6 Å². The first-order valence-electron chi connectivity index (χ1n) is 8.05. The fourth-order valence-electron chi connectivity index (χ4n) is 2.42. The van der Waals surface area contributed by atoms with Crippen LogP contribution in [0.25, 0.3) is 6.08 Å². The Hall–Kier alpha value is -2.45. The molecule has 1 saturated heterocycles. The van der Waals surface area contributed by atoms with Crippen molar-refractivity contribution in [2.45, 2.75) is 6.18 Å². The first-order valence-corrected chi connectivity index (χ1v) is 9.25. The summed E-state index contributed by atoms with van der Waals surface area (Å²) in [4.78, 5) is 25.7. The summed E-state index contributed by atoms with van der Waals surface area (Å²) in [6.45, 7) is 0.0928. The van der Waals surface area contributed by atoms with E-state index < -0.39 is 22.9 Å². The molecule has 2 aromatic carbocycles. The Morgan fingerprint density at radius 3 is 2.39 bits per heavy atom. The number of rotatable bonds is 5. The molecule has 0 saturated carbocycles. The van der Waals surface area contributed by atoms with Crippen molar-refractivity contribution in [2.24, 2.45) is 0 Å². The van der Waals surface area contributed by atoms with Crippen molar-refractivity contribution in [2.75, 3.05) is 13.2 Å². The molecule has 1 aliphatic rings. The predicted molar refractivity (Wildman–Crippen MR) is 101 cm³/mol. The second-order valence-corrected chi connectivity index (χ2v) is 7.13. The molecule has 2 aromatic rings. The maximum Gasteiger partial charge on any atom is 0.416 e. The number of carbonyl (C=O) groups excluding carboxylic acids is 2. The molecule has 4 nitrogen and oxygen atoms in total. The number of nitrogens with zero attached hydrogens (tertiary/aromatic N) is 1. The minimum absolute atomic E-state index is 0.0280. The molecular weight excluding hydrogens is 415 g/mol. The molecule has 0 aliphatic carbocycles. The normalized spacial score (nSPS) is 16.1. The summed E-state index contributed by atoms with van der Waals surface area (Å²) in [5, 5.41) is -0.0511. The highest BCUT2D eigenvalue weighted by molar-refractivity contribution is 8.18. The molecule has 1 fully saturated rings. The number of ether oxygens (including phenoxy) is 1. The Morgan fingerprint density at radius 1 is 1.07 bits per heavy atom. The van der Waals surface area contributed by atoms with Gasteiger partial charge in [-0.2, -0.15) is 13.2 Å². The van der Waals surface area contributed by atoms with Gasteiger partial charge < -0.3 is 4.74 Å². The van der Waals surface area contributed by atoms with Crippen LogP contribution in [0, 0.1) is 0 Å². The van der Waals surface area contributed by atoms with Crippen molar-refractivity contribution in [3.63, 3.8) is 0 Å². The average molecular weight is 428 g/mol. The van der Waals surface area contributed by atoms with Gasteiger partial charge in [-0.1, -0.05) is 35.9 Å². The second kappa shape index (κ2) is 8.28. The Kier molecular flexibility index (Phi) is 6.00. The van der Waals surface area contributed by atoms with Crippen LogP contribution < -0.4 is 4.74 Å². The molecule has 0 unspecified atom stereocenters. The van der Waals surface area contributed by atoms with Crippen LogP contribution in [-0.2, 0) is 11.0 Å². The van der Waals surface area contributed by atoms with Crippen LogP contribution in [-0.4, -0.2) is 29.2 Å². The maximum absolute atomic E-state index is 12.6. The molecule has 2 amide bonds. The Labute approximate surface area is 167 Å². The minimum atomic E-state index is -4.43. The van der Waals surface area contributed by atoms with Gasteiger partial charge in [-0.3, -0.25) is 14.5 Å². The van der Waals surface area contributed by atoms with E-state index >= 15 is 0 Å². The smallest absolute Gasteiger partial charge is 0.416 e. The summed E-state index contributed by atoms with van der Waals surface area (Å²) in [6.07, 6.45) is -3.04. The lowest BCUT2D eigenvalue weighted by atomic mass is 10.1. The van der Waals surface area contributed by atoms with Gasteiger partial charge in [0.15, 0.2) is 0 Å². The zero-order valence-electron chi connectivity index (χ0n) is 14.2. The standard InChI is InChI=1S/C19H13ClF3NO3S/c20-14-3-1-2-4-15(14)27-10-9-24-17(25)16(28-18(24)26)11-12-5-7-13(8-6-12)19(21,22)23/h1-8,11H,9-10H2/b16-11-. The van der Waals surface area contributed by atoms with Crippen LogP contribution in [0.15, 0.2) is 53.4 Å². The van der Waals surface area contributed by atoms with Gasteiger partial charge in [-0.15, -0.1) is 0 Å². The fraction of sp³-hybridized carbons (Fsp3) is 0.158. The first-order chi connectivity index (χ1) is 13.3. The summed E-state index contributed by atoms with van der Waals surface area (Å²) in [6, 6.07) is 11.2. The van der Waals surface area contributed by atoms with Gasteiger partial charge in [0, 0.05) is 0 Å². The topological polar surface area (TPSA) is 46.6 Å². The molecule has 1 aliphatic heterocycles. The Bertz CT molecular complexity index is 929. The summed E-state index contributed by atoms with van der Waals surface area (Å²) in [5.74, 6) is -0.0749. The number of imide groups is 1. The van der Waals surface area contributed by atoms with E-state index in [2.05, 4.69) is 0 Å². The van der Waals surface area contributed by atoms with E-state index in [0.717, 1.165) is 28.8 Å². The van der Waals surface area contributed by atoms with Gasteiger partial charge in [0.1, 0.15) is 12.4 Å². The number of benzene rings is 2. The van der Waals surface area contributed by atoms with E-state index in [-0.39, 0.29) is 18.1 Å². The second-order valence-electron chi connectivity index (χ2n) is 5.73. The van der Waals surface area contributed by atoms with E-state index in [1.807, 2.05) is 0 Å². The minimum Gasteiger partial charge on any atom is -0.490 e. The third-order valence-electron chi connectivity index (χ3n) is 3.82. The zero-order valence-corrected chi connectivity index (χ0v) is 15.8. The number of para-hydroxylation sites is 1. The molecule has 0 bridgehead atoms. The number of hydrogen-bond donors (Lipinski definition) is 0. The first kappa shape index (κ1) is 20.3. The van der Waals surface area contributed by atoms with E-state index in [1.165, 1.54) is 18.2 Å². The van der Waals surface area contributed by atoms with Crippen LogP contribution in [0.2, 0.25) is 5.02 Å². The lowest BCUT2D eigenvalue weighted by Crippen LogP contribution is -2.32. The highest BCUT2D eigenvalue weighted by atomic mass is 35.5. The number of hydrogen-bond acceptors (Lipinski definition) is 4. The van der Waals surface area contributed by atoms with Gasteiger partial charge in [-0.25, -0.2) is 0 Å². The van der Waals surface area contributed by atoms with Gasteiger partial charge in [0.25, 0.3) is 11.1 Å². The Balaban J connectivity index is 1.64. The number of amides is 2. The molecule has 1 heterocycles. The van der Waals surface area contributed by atoms with E-state index in [4.69, 9.17) is 16.3 Å². The average Bonchev–Trinajstić information content (AvgIpc) is 2.90. The summed E-state index contributed by atoms with van der Waals surface area (Å²) in [5.41, 5.74) is -0.389. The predicted octanol–water partition coefficient (Wildman–Crippen LogP) is 5.47. The van der Waals surface area contributed by atoms with Crippen molar-refractivity contribution in [3.8, 4) is 5.75 Å². The van der Waals surface area contributed by atoms with Gasteiger partial charge in [0.2, 0.25) is 0 Å². The van der Waals surface area contributed by atoms with E-state index in [0.29, 0.717) is 16.3 Å². The van der Waals surface area contributed by atoms with Crippen LogP contribution in [0.5, 0.6) is 5.75 Å². The zero-order chi connectivity index (χ0) is 20.3. The van der Waals surface area contributed by atoms with Crippen LogP contribution in [0.1, 0.15) is 11.1 Å². The van der Waals surface area contributed by atoms with E-state index in [9.17, 15) is 22.8 Å².